The predicted octanol–water partition coefficient (Wildman–Crippen LogP) is 1.25. The van der Waals surface area contributed by atoms with Gasteiger partial charge in [0.05, 0.1) is 30.7 Å². The summed E-state index contributed by atoms with van der Waals surface area (Å²) in [4.78, 5) is 12.4. The lowest BCUT2D eigenvalue weighted by Crippen LogP contribution is -2.07. The Hall–Kier alpha value is -2.28. The van der Waals surface area contributed by atoms with Crippen LogP contribution in [0.25, 0.3) is 5.69 Å². The van der Waals surface area contributed by atoms with E-state index >= 15 is 0 Å². The van der Waals surface area contributed by atoms with Gasteiger partial charge in [0.2, 0.25) is 0 Å². The van der Waals surface area contributed by atoms with Crippen molar-refractivity contribution >= 4 is 5.97 Å². The van der Waals surface area contributed by atoms with E-state index in [0.717, 1.165) is 6.07 Å². The SMILES string of the molecule is COC(=O)c1ccc(-n2ncc([C@@H](C)O)n2)cc1F. The summed E-state index contributed by atoms with van der Waals surface area (Å²) in [5, 5.41) is 17.2. The summed E-state index contributed by atoms with van der Waals surface area (Å²) in [7, 11) is 1.18. The molecule has 2 aromatic rings. The zero-order chi connectivity index (χ0) is 14.0. The molecule has 0 radical (unpaired) electrons. The fraction of sp³-hybridized carbons (Fsp3) is 0.250. The molecule has 7 heteroatoms. The molecule has 19 heavy (non-hydrogen) atoms. The van der Waals surface area contributed by atoms with E-state index in [4.69, 9.17) is 0 Å². The number of carbonyl (C=O) groups excluding carboxylic acids is 1. The van der Waals surface area contributed by atoms with Crippen molar-refractivity contribution in [2.24, 2.45) is 0 Å². The molecular formula is C12H12FN3O3. The van der Waals surface area contributed by atoms with Crippen LogP contribution in [0.1, 0.15) is 29.1 Å². The predicted molar refractivity (Wildman–Crippen MR) is 63.3 cm³/mol. The highest BCUT2D eigenvalue weighted by atomic mass is 19.1. The van der Waals surface area contributed by atoms with Gasteiger partial charge < -0.3 is 9.84 Å². The van der Waals surface area contributed by atoms with E-state index in [-0.39, 0.29) is 5.56 Å². The van der Waals surface area contributed by atoms with Gasteiger partial charge in [-0.1, -0.05) is 0 Å². The molecule has 0 aliphatic carbocycles. The molecule has 6 nitrogen and oxygen atoms in total. The molecule has 1 N–H and O–H groups in total. The number of esters is 1. The molecule has 1 aromatic carbocycles. The third-order valence-corrected chi connectivity index (χ3v) is 2.53. The largest absolute Gasteiger partial charge is 0.465 e. The lowest BCUT2D eigenvalue weighted by Gasteiger charge is -2.04. The maximum absolute atomic E-state index is 13.7. The van der Waals surface area contributed by atoms with Crippen molar-refractivity contribution in [3.05, 3.63) is 41.5 Å². The first-order valence-corrected chi connectivity index (χ1v) is 5.51. The second kappa shape index (κ2) is 5.15. The summed E-state index contributed by atoms with van der Waals surface area (Å²) in [6.45, 7) is 1.55. The second-order valence-electron chi connectivity index (χ2n) is 3.89. The highest BCUT2D eigenvalue weighted by Crippen LogP contribution is 2.15. The summed E-state index contributed by atoms with van der Waals surface area (Å²) in [5.41, 5.74) is 0.559. The molecule has 0 bridgehead atoms. The third-order valence-electron chi connectivity index (χ3n) is 2.53. The number of rotatable bonds is 3. The summed E-state index contributed by atoms with van der Waals surface area (Å²) < 4.78 is 18.2. The van der Waals surface area contributed by atoms with E-state index < -0.39 is 17.9 Å². The van der Waals surface area contributed by atoms with Crippen LogP contribution in [0.3, 0.4) is 0 Å². The van der Waals surface area contributed by atoms with E-state index in [1.807, 2.05) is 0 Å². The number of methoxy groups -OCH3 is 1. The maximum Gasteiger partial charge on any atom is 0.340 e. The van der Waals surface area contributed by atoms with Crippen LogP contribution < -0.4 is 0 Å². The average molecular weight is 265 g/mol. The Balaban J connectivity index is 2.35. The standard InChI is InChI=1S/C12H12FN3O3/c1-7(17)11-6-14-16(15-11)8-3-4-9(10(13)5-8)12(18)19-2/h3-7,17H,1-2H3/t7-/m1/s1. The van der Waals surface area contributed by atoms with Gasteiger partial charge in [-0.3, -0.25) is 0 Å². The Morgan fingerprint density at radius 1 is 1.53 bits per heavy atom. The van der Waals surface area contributed by atoms with Crippen LogP contribution in [0.2, 0.25) is 0 Å². The van der Waals surface area contributed by atoms with Crippen LogP contribution in [0, 0.1) is 5.82 Å². The fourth-order valence-corrected chi connectivity index (χ4v) is 1.49. The van der Waals surface area contributed by atoms with Crippen molar-refractivity contribution in [1.29, 1.82) is 0 Å². The molecule has 1 heterocycles. The Morgan fingerprint density at radius 3 is 2.79 bits per heavy atom. The van der Waals surface area contributed by atoms with Crippen molar-refractivity contribution in [2.45, 2.75) is 13.0 Å². The van der Waals surface area contributed by atoms with Gasteiger partial charge in [0.1, 0.15) is 11.5 Å². The highest BCUT2D eigenvalue weighted by Gasteiger charge is 2.14. The van der Waals surface area contributed by atoms with E-state index in [1.165, 1.54) is 30.2 Å². The van der Waals surface area contributed by atoms with Crippen LogP contribution in [0.5, 0.6) is 0 Å². The van der Waals surface area contributed by atoms with E-state index in [0.29, 0.717) is 11.4 Å². The molecule has 1 aromatic heterocycles. The quantitative estimate of drug-likeness (QED) is 0.845. The van der Waals surface area contributed by atoms with E-state index in [1.54, 1.807) is 6.92 Å². The molecule has 0 fully saturated rings. The van der Waals surface area contributed by atoms with E-state index in [9.17, 15) is 14.3 Å². The third kappa shape index (κ3) is 2.60. The first-order chi connectivity index (χ1) is 9.02. The molecule has 0 aliphatic rings. The highest BCUT2D eigenvalue weighted by molar-refractivity contribution is 5.89. The molecule has 0 aliphatic heterocycles. The summed E-state index contributed by atoms with van der Waals surface area (Å²) >= 11 is 0. The average Bonchev–Trinajstić information content (AvgIpc) is 2.87. The topological polar surface area (TPSA) is 77.2 Å². The van der Waals surface area contributed by atoms with Crippen molar-refractivity contribution in [3.63, 3.8) is 0 Å². The number of hydrogen-bond acceptors (Lipinski definition) is 5. The van der Waals surface area contributed by atoms with Crippen LogP contribution in [-0.2, 0) is 4.74 Å². The number of carbonyl (C=O) groups is 1. The van der Waals surface area contributed by atoms with Crippen molar-refractivity contribution in [2.75, 3.05) is 7.11 Å². The second-order valence-corrected chi connectivity index (χ2v) is 3.89. The van der Waals surface area contributed by atoms with Crippen LogP contribution >= 0.6 is 0 Å². The lowest BCUT2D eigenvalue weighted by molar-refractivity contribution is 0.0595. The number of aromatic nitrogens is 3. The first-order valence-electron chi connectivity index (χ1n) is 5.51. The van der Waals surface area contributed by atoms with E-state index in [2.05, 4.69) is 14.9 Å². The minimum atomic E-state index is -0.757. The Morgan fingerprint density at radius 2 is 2.26 bits per heavy atom. The van der Waals surface area contributed by atoms with Gasteiger partial charge in [-0.25, -0.2) is 9.18 Å². The van der Waals surface area contributed by atoms with Gasteiger partial charge in [-0.15, -0.1) is 0 Å². The summed E-state index contributed by atoms with van der Waals surface area (Å²) in [5.74, 6) is -1.47. The number of halogens is 1. The lowest BCUT2D eigenvalue weighted by atomic mass is 10.2. The Kier molecular flexibility index (Phi) is 3.57. The normalized spacial score (nSPS) is 12.2. The fourth-order valence-electron chi connectivity index (χ4n) is 1.49. The molecule has 1 atom stereocenters. The summed E-state index contributed by atoms with van der Waals surface area (Å²) in [6, 6.07) is 3.90. The van der Waals surface area contributed by atoms with Crippen molar-refractivity contribution < 1.29 is 19.0 Å². The van der Waals surface area contributed by atoms with Crippen LogP contribution in [-0.4, -0.2) is 33.2 Å². The molecule has 0 saturated carbocycles. The minimum Gasteiger partial charge on any atom is -0.465 e. The number of aliphatic hydroxyl groups excluding tert-OH is 1. The monoisotopic (exact) mass is 265 g/mol. The van der Waals surface area contributed by atoms with Crippen molar-refractivity contribution in [1.82, 2.24) is 15.0 Å². The van der Waals surface area contributed by atoms with Gasteiger partial charge in [0.15, 0.2) is 0 Å². The molecule has 100 valence electrons. The first kappa shape index (κ1) is 13.2. The molecule has 2 rings (SSSR count). The van der Waals surface area contributed by atoms with Gasteiger partial charge in [0.25, 0.3) is 0 Å². The Labute approximate surface area is 108 Å². The number of aliphatic hydroxyl groups is 1. The van der Waals surface area contributed by atoms with Gasteiger partial charge in [0, 0.05) is 6.07 Å². The summed E-state index contributed by atoms with van der Waals surface area (Å²) in [6.07, 6.45) is 0.629. The van der Waals surface area contributed by atoms with Gasteiger partial charge in [-0.2, -0.15) is 15.0 Å². The molecule has 0 unspecified atom stereocenters. The number of benzene rings is 1. The molecule has 0 saturated heterocycles. The number of ether oxygens (including phenoxy) is 1. The Bertz CT molecular complexity index is 610. The van der Waals surface area contributed by atoms with Crippen LogP contribution in [0.15, 0.2) is 24.4 Å². The zero-order valence-corrected chi connectivity index (χ0v) is 10.4. The van der Waals surface area contributed by atoms with Gasteiger partial charge >= 0.3 is 5.97 Å². The van der Waals surface area contributed by atoms with Crippen LogP contribution in [0.4, 0.5) is 4.39 Å². The molecule has 0 spiro atoms. The number of hydrogen-bond donors (Lipinski definition) is 1. The molecular weight excluding hydrogens is 253 g/mol. The minimum absolute atomic E-state index is 0.158. The smallest absolute Gasteiger partial charge is 0.340 e. The molecule has 0 amide bonds. The van der Waals surface area contributed by atoms with Gasteiger partial charge in [-0.05, 0) is 19.1 Å². The number of nitrogens with zero attached hydrogens (tertiary/aromatic N) is 3. The zero-order valence-electron chi connectivity index (χ0n) is 10.4. The van der Waals surface area contributed by atoms with Crippen molar-refractivity contribution in [3.8, 4) is 5.69 Å². The maximum atomic E-state index is 13.7.